The third-order valence-electron chi connectivity index (χ3n) is 3.62. The Morgan fingerprint density at radius 2 is 2.19 bits per heavy atom. The smallest absolute Gasteiger partial charge is 0.256 e. The monoisotopic (exact) mass is 303 g/mol. The Morgan fingerprint density at radius 3 is 2.81 bits per heavy atom. The van der Waals surface area contributed by atoms with Gasteiger partial charge >= 0.3 is 0 Å². The summed E-state index contributed by atoms with van der Waals surface area (Å²) in [5.41, 5.74) is 4.90. The lowest BCUT2D eigenvalue weighted by Crippen LogP contribution is -2.36. The predicted molar refractivity (Wildman–Crippen MR) is 88.6 cm³/mol. The number of rotatable bonds is 5. The lowest BCUT2D eigenvalue weighted by molar-refractivity contribution is 0.0745. The lowest BCUT2D eigenvalue weighted by Gasteiger charge is -2.25. The van der Waals surface area contributed by atoms with Crippen molar-refractivity contribution in [2.45, 2.75) is 26.3 Å². The van der Waals surface area contributed by atoms with Gasteiger partial charge in [-0.15, -0.1) is 11.3 Å². The summed E-state index contributed by atoms with van der Waals surface area (Å²) in [5.74, 6) is 5.49. The molecule has 0 aliphatic rings. The van der Waals surface area contributed by atoms with Crippen molar-refractivity contribution >= 4 is 22.9 Å². The highest BCUT2D eigenvalue weighted by molar-refractivity contribution is 7.09. The highest BCUT2D eigenvalue weighted by Crippen LogP contribution is 2.20. The van der Waals surface area contributed by atoms with E-state index in [4.69, 9.17) is 5.84 Å². The average Bonchev–Trinajstić information content (AvgIpc) is 2.98. The summed E-state index contributed by atoms with van der Waals surface area (Å²) in [7, 11) is 1.84. The number of likely N-dealkylation sites (N-methyl/N-ethyl adjacent to an activating group) is 1. The Balaban J connectivity index is 2.16. The van der Waals surface area contributed by atoms with Crippen molar-refractivity contribution < 1.29 is 4.79 Å². The molecule has 21 heavy (non-hydrogen) atoms. The van der Waals surface area contributed by atoms with Crippen LogP contribution < -0.4 is 11.3 Å². The molecule has 1 amide bonds. The summed E-state index contributed by atoms with van der Waals surface area (Å²) >= 11 is 1.72. The molecule has 0 radical (unpaired) electrons. The Hall–Kier alpha value is -1.85. The van der Waals surface area contributed by atoms with Gasteiger partial charge in [0.2, 0.25) is 0 Å². The van der Waals surface area contributed by atoms with Gasteiger partial charge in [-0.1, -0.05) is 17.7 Å². The third-order valence-corrected chi connectivity index (χ3v) is 4.52. The Labute approximate surface area is 129 Å². The highest BCUT2D eigenvalue weighted by atomic mass is 32.1. The number of nitrogens with two attached hydrogens (primary N) is 1. The molecule has 1 atom stereocenters. The largest absolute Gasteiger partial charge is 0.339 e. The first-order valence-corrected chi connectivity index (χ1v) is 7.77. The maximum absolute atomic E-state index is 12.7. The minimum absolute atomic E-state index is 0.0179. The van der Waals surface area contributed by atoms with Crippen molar-refractivity contribution in [1.29, 1.82) is 0 Å². The molecule has 1 aromatic carbocycles. The van der Waals surface area contributed by atoms with E-state index in [0.29, 0.717) is 11.3 Å². The van der Waals surface area contributed by atoms with Crippen LogP contribution in [0.3, 0.4) is 0 Å². The van der Waals surface area contributed by atoms with Crippen LogP contribution in [0, 0.1) is 6.92 Å². The molecule has 0 fully saturated rings. The first-order chi connectivity index (χ1) is 10.0. The standard InChI is InChI=1S/C16H21N3OS/c1-11-6-7-15(18-17)14(9-11)16(20)19(3)12(2)10-13-5-4-8-21-13/h4-9,12,18H,10,17H2,1-3H3. The van der Waals surface area contributed by atoms with E-state index < -0.39 is 0 Å². The van der Waals surface area contributed by atoms with Crippen molar-refractivity contribution in [3.8, 4) is 0 Å². The van der Waals surface area contributed by atoms with Crippen molar-refractivity contribution in [2.24, 2.45) is 5.84 Å². The zero-order valence-corrected chi connectivity index (χ0v) is 13.4. The molecule has 1 aromatic heterocycles. The maximum Gasteiger partial charge on any atom is 0.256 e. The summed E-state index contributed by atoms with van der Waals surface area (Å²) in [6.45, 7) is 4.02. The molecule has 3 N–H and O–H groups in total. The SMILES string of the molecule is Cc1ccc(NN)c(C(=O)N(C)C(C)Cc2cccs2)c1. The van der Waals surface area contributed by atoms with Gasteiger partial charge in [-0.25, -0.2) is 0 Å². The number of nitrogens with zero attached hydrogens (tertiary/aromatic N) is 1. The summed E-state index contributed by atoms with van der Waals surface area (Å²) in [6.07, 6.45) is 0.858. The zero-order chi connectivity index (χ0) is 15.4. The molecule has 1 unspecified atom stereocenters. The van der Waals surface area contributed by atoms with Crippen LogP contribution in [0.2, 0.25) is 0 Å². The molecule has 0 bridgehead atoms. The van der Waals surface area contributed by atoms with Crippen LogP contribution in [0.15, 0.2) is 35.7 Å². The van der Waals surface area contributed by atoms with Gasteiger partial charge in [0, 0.05) is 24.4 Å². The molecule has 0 spiro atoms. The van der Waals surface area contributed by atoms with Crippen LogP contribution in [0.4, 0.5) is 5.69 Å². The molecule has 1 heterocycles. The number of hydrogen-bond acceptors (Lipinski definition) is 4. The van der Waals surface area contributed by atoms with Crippen molar-refractivity contribution in [2.75, 3.05) is 12.5 Å². The van der Waals surface area contributed by atoms with E-state index in [1.165, 1.54) is 4.88 Å². The Morgan fingerprint density at radius 1 is 1.43 bits per heavy atom. The second kappa shape index (κ2) is 6.74. The number of hydrazine groups is 1. The van der Waals surface area contributed by atoms with Crippen LogP contribution >= 0.6 is 11.3 Å². The molecule has 112 valence electrons. The van der Waals surface area contributed by atoms with Gasteiger partial charge in [0.1, 0.15) is 0 Å². The molecule has 0 saturated heterocycles. The number of thiophene rings is 1. The fourth-order valence-corrected chi connectivity index (χ4v) is 3.03. The predicted octanol–water partition coefficient (Wildman–Crippen LogP) is 3.05. The van der Waals surface area contributed by atoms with Gasteiger partial charge in [-0.05, 0) is 37.4 Å². The van der Waals surface area contributed by atoms with Crippen molar-refractivity contribution in [3.05, 3.63) is 51.7 Å². The highest BCUT2D eigenvalue weighted by Gasteiger charge is 2.20. The summed E-state index contributed by atoms with van der Waals surface area (Å²) in [6, 6.07) is 9.89. The molecule has 2 rings (SSSR count). The minimum atomic E-state index is -0.0179. The number of benzene rings is 1. The van der Waals surface area contributed by atoms with Crippen molar-refractivity contribution in [1.82, 2.24) is 4.90 Å². The fraction of sp³-hybridized carbons (Fsp3) is 0.312. The van der Waals surface area contributed by atoms with Crippen LogP contribution in [-0.4, -0.2) is 23.9 Å². The molecule has 0 aliphatic heterocycles. The van der Waals surface area contributed by atoms with E-state index in [9.17, 15) is 4.79 Å². The number of carbonyl (C=O) groups is 1. The number of nitrogens with one attached hydrogen (secondary N) is 1. The molecular weight excluding hydrogens is 282 g/mol. The number of anilines is 1. The number of aryl methyl sites for hydroxylation is 1. The topological polar surface area (TPSA) is 58.4 Å². The summed E-state index contributed by atoms with van der Waals surface area (Å²) < 4.78 is 0. The summed E-state index contributed by atoms with van der Waals surface area (Å²) in [5, 5.41) is 2.06. The lowest BCUT2D eigenvalue weighted by atomic mass is 10.1. The van der Waals surface area contributed by atoms with E-state index >= 15 is 0 Å². The van der Waals surface area contributed by atoms with Gasteiger partial charge in [-0.2, -0.15) is 0 Å². The first-order valence-electron chi connectivity index (χ1n) is 6.89. The molecule has 2 aromatic rings. The van der Waals surface area contributed by atoms with Crippen LogP contribution in [-0.2, 0) is 6.42 Å². The second-order valence-electron chi connectivity index (χ2n) is 5.24. The zero-order valence-electron chi connectivity index (χ0n) is 12.6. The first kappa shape index (κ1) is 15.5. The van der Waals surface area contributed by atoms with E-state index in [1.54, 1.807) is 16.2 Å². The van der Waals surface area contributed by atoms with Crippen LogP contribution in [0.5, 0.6) is 0 Å². The van der Waals surface area contributed by atoms with E-state index in [0.717, 1.165) is 12.0 Å². The van der Waals surface area contributed by atoms with E-state index in [-0.39, 0.29) is 11.9 Å². The van der Waals surface area contributed by atoms with Gasteiger partial charge in [0.15, 0.2) is 0 Å². The van der Waals surface area contributed by atoms with Crippen molar-refractivity contribution in [3.63, 3.8) is 0 Å². The second-order valence-corrected chi connectivity index (χ2v) is 6.27. The number of nitrogen functional groups attached to an aromatic ring is 1. The van der Waals surface area contributed by atoms with Gasteiger partial charge in [-0.3, -0.25) is 10.6 Å². The van der Waals surface area contributed by atoms with Crippen LogP contribution in [0.1, 0.15) is 27.7 Å². The quantitative estimate of drug-likeness (QED) is 0.659. The Bertz CT molecular complexity index is 610. The fourth-order valence-electron chi connectivity index (χ4n) is 2.21. The van der Waals surface area contributed by atoms with Gasteiger partial charge in [0.05, 0.1) is 11.3 Å². The number of hydrogen-bond donors (Lipinski definition) is 2. The minimum Gasteiger partial charge on any atom is -0.339 e. The molecule has 0 aliphatic carbocycles. The van der Waals surface area contributed by atoms with E-state index in [1.807, 2.05) is 38.2 Å². The van der Waals surface area contributed by atoms with Crippen LogP contribution in [0.25, 0.3) is 0 Å². The maximum atomic E-state index is 12.7. The normalized spacial score (nSPS) is 12.0. The van der Waals surface area contributed by atoms with E-state index in [2.05, 4.69) is 23.8 Å². The number of carbonyl (C=O) groups excluding carboxylic acids is 1. The van der Waals surface area contributed by atoms with Gasteiger partial charge in [0.25, 0.3) is 5.91 Å². The summed E-state index contributed by atoms with van der Waals surface area (Å²) in [4.78, 5) is 15.7. The van der Waals surface area contributed by atoms with Gasteiger partial charge < -0.3 is 10.3 Å². The molecule has 4 nitrogen and oxygen atoms in total. The molecule has 0 saturated carbocycles. The third kappa shape index (κ3) is 3.62. The Kier molecular flexibility index (Phi) is 4.98. The number of amides is 1. The average molecular weight is 303 g/mol. The molecular formula is C16H21N3OS. The molecule has 5 heteroatoms.